The number of methoxy groups -OCH3 is 3. The molecule has 0 aliphatic carbocycles. The second kappa shape index (κ2) is 6.35. The zero-order valence-corrected chi connectivity index (χ0v) is 10.1. The molecule has 0 spiro atoms. The van der Waals surface area contributed by atoms with E-state index in [1.165, 1.54) is 0 Å². The van der Waals surface area contributed by atoms with Crippen molar-refractivity contribution in [2.45, 2.75) is 13.0 Å². The van der Waals surface area contributed by atoms with Crippen LogP contribution in [0.3, 0.4) is 0 Å². The minimum atomic E-state index is 0.553. The molecule has 0 unspecified atom stereocenters. The van der Waals surface area contributed by atoms with Gasteiger partial charge in [0, 0.05) is 7.11 Å². The van der Waals surface area contributed by atoms with Gasteiger partial charge in [-0.2, -0.15) is 0 Å². The van der Waals surface area contributed by atoms with E-state index >= 15 is 0 Å². The lowest BCUT2D eigenvalue weighted by Crippen LogP contribution is -2.06. The van der Waals surface area contributed by atoms with E-state index in [4.69, 9.17) is 19.9 Å². The smallest absolute Gasteiger partial charge is 0.163 e. The molecule has 0 saturated carbocycles. The molecule has 1 aromatic carbocycles. The Morgan fingerprint density at radius 3 is 2.38 bits per heavy atom. The molecule has 4 nitrogen and oxygen atoms in total. The van der Waals surface area contributed by atoms with Crippen molar-refractivity contribution in [2.24, 2.45) is 5.73 Å². The van der Waals surface area contributed by atoms with Crippen LogP contribution in [0.4, 0.5) is 0 Å². The Hall–Kier alpha value is -1.26. The van der Waals surface area contributed by atoms with Crippen LogP contribution in [0.25, 0.3) is 0 Å². The maximum atomic E-state index is 5.57. The molecule has 0 aliphatic heterocycles. The number of nitrogens with two attached hydrogens (primary N) is 1. The van der Waals surface area contributed by atoms with Gasteiger partial charge in [0.15, 0.2) is 11.5 Å². The predicted molar refractivity (Wildman–Crippen MR) is 63.0 cm³/mol. The van der Waals surface area contributed by atoms with E-state index in [9.17, 15) is 0 Å². The molecule has 0 heterocycles. The Labute approximate surface area is 96.3 Å². The van der Waals surface area contributed by atoms with Crippen molar-refractivity contribution in [1.29, 1.82) is 0 Å². The summed E-state index contributed by atoms with van der Waals surface area (Å²) in [6.45, 7) is 1.13. The van der Waals surface area contributed by atoms with Gasteiger partial charge in [-0.15, -0.1) is 0 Å². The Balaban J connectivity index is 3.14. The van der Waals surface area contributed by atoms with Crippen LogP contribution in [0.5, 0.6) is 11.5 Å². The maximum Gasteiger partial charge on any atom is 0.163 e. The van der Waals surface area contributed by atoms with Crippen LogP contribution in [-0.2, 0) is 17.8 Å². The van der Waals surface area contributed by atoms with E-state index in [-0.39, 0.29) is 0 Å². The molecule has 0 aromatic heterocycles. The Bertz CT molecular complexity index is 339. The third-order valence-electron chi connectivity index (χ3n) is 2.34. The van der Waals surface area contributed by atoms with E-state index in [0.29, 0.717) is 13.2 Å². The summed E-state index contributed by atoms with van der Waals surface area (Å²) in [5.74, 6) is 1.48. The van der Waals surface area contributed by atoms with E-state index in [0.717, 1.165) is 29.0 Å². The molecule has 90 valence electrons. The Kier molecular flexibility index (Phi) is 5.08. The summed E-state index contributed by atoms with van der Waals surface area (Å²) >= 11 is 0. The van der Waals surface area contributed by atoms with Crippen molar-refractivity contribution in [1.82, 2.24) is 0 Å². The summed E-state index contributed by atoms with van der Waals surface area (Å²) in [6, 6.07) is 3.96. The van der Waals surface area contributed by atoms with Crippen LogP contribution >= 0.6 is 0 Å². The predicted octanol–water partition coefficient (Wildman–Crippen LogP) is 1.35. The molecule has 0 amide bonds. The molecular weight excluding hydrogens is 206 g/mol. The standard InChI is InChI=1S/C12H19NO3/c1-14-8-9-6-10(4-5-13)12(16-3)11(7-9)15-2/h6-7H,4-5,8,13H2,1-3H3. The highest BCUT2D eigenvalue weighted by atomic mass is 16.5. The maximum absolute atomic E-state index is 5.57. The average molecular weight is 225 g/mol. The van der Waals surface area contributed by atoms with Gasteiger partial charge in [-0.3, -0.25) is 0 Å². The molecule has 0 fully saturated rings. The number of rotatable bonds is 6. The first kappa shape index (κ1) is 12.8. The molecule has 2 N–H and O–H groups in total. The molecule has 0 saturated heterocycles. The largest absolute Gasteiger partial charge is 0.493 e. The SMILES string of the molecule is COCc1cc(CCN)c(OC)c(OC)c1. The quantitative estimate of drug-likeness (QED) is 0.794. The van der Waals surface area contributed by atoms with Crippen molar-refractivity contribution >= 4 is 0 Å². The topological polar surface area (TPSA) is 53.7 Å². The normalized spacial score (nSPS) is 10.2. The molecule has 16 heavy (non-hydrogen) atoms. The molecule has 1 aromatic rings. The Morgan fingerprint density at radius 1 is 1.12 bits per heavy atom. The highest BCUT2D eigenvalue weighted by molar-refractivity contribution is 5.49. The van der Waals surface area contributed by atoms with Gasteiger partial charge in [0.05, 0.1) is 20.8 Å². The molecule has 4 heteroatoms. The second-order valence-corrected chi connectivity index (χ2v) is 3.46. The summed E-state index contributed by atoms with van der Waals surface area (Å²) in [7, 11) is 4.92. The Morgan fingerprint density at radius 2 is 1.88 bits per heavy atom. The third-order valence-corrected chi connectivity index (χ3v) is 2.34. The monoisotopic (exact) mass is 225 g/mol. The van der Waals surface area contributed by atoms with Gasteiger partial charge in [0.1, 0.15) is 0 Å². The highest BCUT2D eigenvalue weighted by Crippen LogP contribution is 2.33. The summed E-state index contributed by atoms with van der Waals surface area (Å²) in [6.07, 6.45) is 0.761. The average Bonchev–Trinajstić information content (AvgIpc) is 2.29. The summed E-state index contributed by atoms with van der Waals surface area (Å²) in [5.41, 5.74) is 7.68. The molecular formula is C12H19NO3. The van der Waals surface area contributed by atoms with Gasteiger partial charge in [-0.1, -0.05) is 0 Å². The molecule has 0 bridgehead atoms. The lowest BCUT2D eigenvalue weighted by molar-refractivity contribution is 0.184. The third kappa shape index (κ3) is 2.87. The van der Waals surface area contributed by atoms with Crippen molar-refractivity contribution in [3.05, 3.63) is 23.3 Å². The van der Waals surface area contributed by atoms with Crippen LogP contribution < -0.4 is 15.2 Å². The number of benzene rings is 1. The number of ether oxygens (including phenoxy) is 3. The van der Waals surface area contributed by atoms with Gasteiger partial charge >= 0.3 is 0 Å². The molecule has 0 aliphatic rings. The van der Waals surface area contributed by atoms with Gasteiger partial charge in [-0.05, 0) is 36.2 Å². The fourth-order valence-electron chi connectivity index (χ4n) is 1.70. The zero-order chi connectivity index (χ0) is 12.0. The van der Waals surface area contributed by atoms with Gasteiger partial charge < -0.3 is 19.9 Å². The lowest BCUT2D eigenvalue weighted by Gasteiger charge is -2.14. The summed E-state index contributed by atoms with van der Waals surface area (Å²) in [4.78, 5) is 0. The first-order valence-corrected chi connectivity index (χ1v) is 5.19. The molecule has 0 radical (unpaired) electrons. The fourth-order valence-corrected chi connectivity index (χ4v) is 1.70. The number of hydrogen-bond donors (Lipinski definition) is 1. The van der Waals surface area contributed by atoms with E-state index in [1.54, 1.807) is 21.3 Å². The second-order valence-electron chi connectivity index (χ2n) is 3.46. The summed E-state index contributed by atoms with van der Waals surface area (Å²) in [5, 5.41) is 0. The zero-order valence-electron chi connectivity index (χ0n) is 10.1. The minimum absolute atomic E-state index is 0.553. The van der Waals surface area contributed by atoms with Crippen LogP contribution in [0.1, 0.15) is 11.1 Å². The van der Waals surface area contributed by atoms with Gasteiger partial charge in [0.2, 0.25) is 0 Å². The van der Waals surface area contributed by atoms with Crippen LogP contribution in [0, 0.1) is 0 Å². The summed E-state index contributed by atoms with van der Waals surface area (Å²) < 4.78 is 15.7. The van der Waals surface area contributed by atoms with E-state index in [2.05, 4.69) is 0 Å². The van der Waals surface area contributed by atoms with E-state index < -0.39 is 0 Å². The number of hydrogen-bond acceptors (Lipinski definition) is 4. The highest BCUT2D eigenvalue weighted by Gasteiger charge is 2.11. The van der Waals surface area contributed by atoms with Gasteiger partial charge in [0.25, 0.3) is 0 Å². The first-order valence-electron chi connectivity index (χ1n) is 5.19. The van der Waals surface area contributed by atoms with Crippen molar-refractivity contribution in [3.63, 3.8) is 0 Å². The van der Waals surface area contributed by atoms with Crippen molar-refractivity contribution in [3.8, 4) is 11.5 Å². The molecule has 1 rings (SSSR count). The van der Waals surface area contributed by atoms with Gasteiger partial charge in [-0.25, -0.2) is 0 Å². The van der Waals surface area contributed by atoms with E-state index in [1.807, 2.05) is 12.1 Å². The van der Waals surface area contributed by atoms with Crippen LogP contribution in [0.15, 0.2) is 12.1 Å². The van der Waals surface area contributed by atoms with Crippen LogP contribution in [0.2, 0.25) is 0 Å². The van der Waals surface area contributed by atoms with Crippen molar-refractivity contribution < 1.29 is 14.2 Å². The fraction of sp³-hybridized carbons (Fsp3) is 0.500. The minimum Gasteiger partial charge on any atom is -0.493 e. The molecule has 0 atom stereocenters. The first-order chi connectivity index (χ1) is 7.76. The van der Waals surface area contributed by atoms with Crippen molar-refractivity contribution in [2.75, 3.05) is 27.9 Å². The van der Waals surface area contributed by atoms with Crippen LogP contribution in [-0.4, -0.2) is 27.9 Å². The lowest BCUT2D eigenvalue weighted by atomic mass is 10.1.